The first-order chi connectivity index (χ1) is 15.8. The SMILES string of the molecule is Fc1cc(F)cc(COc2cccc(NCc3cccc(C(F)(F)C(F)(F)C(F)(F)F)c3)c2)c1. The monoisotopic (exact) mass is 493 g/mol. The van der Waals surface area contributed by atoms with E-state index in [1.54, 1.807) is 18.2 Å². The lowest BCUT2D eigenvalue weighted by molar-refractivity contribution is -0.359. The molecule has 182 valence electrons. The maximum Gasteiger partial charge on any atom is 0.460 e. The maximum absolute atomic E-state index is 13.9. The number of rotatable bonds is 8. The van der Waals surface area contributed by atoms with E-state index in [1.165, 1.54) is 12.1 Å². The Bertz CT molecular complexity index is 1130. The van der Waals surface area contributed by atoms with Crippen molar-refractivity contribution in [1.29, 1.82) is 0 Å². The molecule has 0 aromatic heterocycles. The summed E-state index contributed by atoms with van der Waals surface area (Å²) in [4.78, 5) is 0. The van der Waals surface area contributed by atoms with Crippen LogP contribution in [0.3, 0.4) is 0 Å². The predicted molar refractivity (Wildman–Crippen MR) is 106 cm³/mol. The minimum atomic E-state index is -6.43. The first-order valence-electron chi connectivity index (χ1n) is 9.63. The fourth-order valence-electron chi connectivity index (χ4n) is 3.00. The summed E-state index contributed by atoms with van der Waals surface area (Å²) in [5.74, 6) is -13.0. The minimum absolute atomic E-state index is 0.0247. The quantitative estimate of drug-likeness (QED) is 0.329. The van der Waals surface area contributed by atoms with Crippen LogP contribution in [-0.4, -0.2) is 12.1 Å². The van der Waals surface area contributed by atoms with E-state index in [2.05, 4.69) is 5.32 Å². The van der Waals surface area contributed by atoms with Crippen molar-refractivity contribution in [2.75, 3.05) is 5.32 Å². The third-order valence-electron chi connectivity index (χ3n) is 4.70. The molecule has 1 N–H and O–H groups in total. The molecule has 0 saturated carbocycles. The van der Waals surface area contributed by atoms with Crippen LogP contribution in [0.15, 0.2) is 66.7 Å². The molecule has 0 atom stereocenters. The molecular formula is C23H16F9NO. The highest BCUT2D eigenvalue weighted by molar-refractivity contribution is 5.48. The fraction of sp³-hybridized carbons (Fsp3) is 0.217. The second-order valence-electron chi connectivity index (χ2n) is 7.29. The summed E-state index contributed by atoms with van der Waals surface area (Å²) >= 11 is 0. The van der Waals surface area contributed by atoms with Gasteiger partial charge in [-0.15, -0.1) is 0 Å². The lowest BCUT2D eigenvalue weighted by Gasteiger charge is -2.28. The summed E-state index contributed by atoms with van der Waals surface area (Å²) < 4.78 is 124. The second kappa shape index (κ2) is 9.47. The highest BCUT2D eigenvalue weighted by atomic mass is 19.4. The van der Waals surface area contributed by atoms with Crippen molar-refractivity contribution < 1.29 is 44.3 Å². The standard InChI is InChI=1S/C23H16F9NO/c24-17-8-15(9-18(25)10-17)13-34-20-6-2-5-19(11-20)33-12-14-3-1-4-16(7-14)21(26,27)22(28,29)23(30,31)32/h1-11,33H,12-13H2. The Balaban J connectivity index is 1.68. The summed E-state index contributed by atoms with van der Waals surface area (Å²) in [6.07, 6.45) is -6.43. The van der Waals surface area contributed by atoms with Crippen LogP contribution in [0, 0.1) is 11.6 Å². The molecule has 0 spiro atoms. The van der Waals surface area contributed by atoms with Crippen molar-refractivity contribution in [3.8, 4) is 5.75 Å². The van der Waals surface area contributed by atoms with E-state index >= 15 is 0 Å². The summed E-state index contributed by atoms with van der Waals surface area (Å²) in [6.45, 7) is -0.331. The number of halogens is 9. The molecule has 3 aromatic rings. The molecule has 2 nitrogen and oxygen atoms in total. The Morgan fingerprint density at radius 1 is 0.706 bits per heavy atom. The van der Waals surface area contributed by atoms with Crippen molar-refractivity contribution in [1.82, 2.24) is 0 Å². The van der Waals surface area contributed by atoms with Crippen molar-refractivity contribution in [2.45, 2.75) is 31.2 Å². The van der Waals surface area contributed by atoms with Crippen LogP contribution in [0.2, 0.25) is 0 Å². The van der Waals surface area contributed by atoms with Gasteiger partial charge in [0.05, 0.1) is 0 Å². The number of ether oxygens (including phenoxy) is 1. The van der Waals surface area contributed by atoms with Crippen molar-refractivity contribution in [2.24, 2.45) is 0 Å². The van der Waals surface area contributed by atoms with Crippen LogP contribution in [0.1, 0.15) is 16.7 Å². The zero-order chi connectivity index (χ0) is 25.1. The van der Waals surface area contributed by atoms with Crippen molar-refractivity contribution in [3.63, 3.8) is 0 Å². The van der Waals surface area contributed by atoms with Crippen LogP contribution >= 0.6 is 0 Å². The van der Waals surface area contributed by atoms with E-state index in [9.17, 15) is 39.5 Å². The van der Waals surface area contributed by atoms with Crippen molar-refractivity contribution >= 4 is 5.69 Å². The van der Waals surface area contributed by atoms with E-state index in [4.69, 9.17) is 4.74 Å². The third kappa shape index (κ3) is 5.57. The molecule has 0 bridgehead atoms. The van der Waals surface area contributed by atoms with Crippen LogP contribution in [-0.2, 0) is 19.1 Å². The second-order valence-corrected chi connectivity index (χ2v) is 7.29. The highest BCUT2D eigenvalue weighted by Crippen LogP contribution is 2.51. The summed E-state index contributed by atoms with van der Waals surface area (Å²) in [6, 6.07) is 12.3. The van der Waals surface area contributed by atoms with E-state index in [-0.39, 0.29) is 24.3 Å². The molecule has 0 unspecified atom stereocenters. The summed E-state index contributed by atoms with van der Waals surface area (Å²) in [5.41, 5.74) is -0.810. The van der Waals surface area contributed by atoms with Gasteiger partial charge in [0.25, 0.3) is 0 Å². The smallest absolute Gasteiger partial charge is 0.460 e. The Labute approximate surface area is 188 Å². The number of hydrogen-bond acceptors (Lipinski definition) is 2. The molecule has 0 amide bonds. The van der Waals surface area contributed by atoms with Gasteiger partial charge in [-0.3, -0.25) is 0 Å². The molecule has 0 aliphatic heterocycles. The van der Waals surface area contributed by atoms with E-state index < -0.39 is 35.2 Å². The number of alkyl halides is 7. The average molecular weight is 493 g/mol. The number of benzene rings is 3. The topological polar surface area (TPSA) is 21.3 Å². The number of anilines is 1. The zero-order valence-corrected chi connectivity index (χ0v) is 17.1. The van der Waals surface area contributed by atoms with Gasteiger partial charge in [-0.25, -0.2) is 8.78 Å². The van der Waals surface area contributed by atoms with Gasteiger partial charge in [0.1, 0.15) is 24.0 Å². The largest absolute Gasteiger partial charge is 0.489 e. The normalized spacial score (nSPS) is 12.5. The number of hydrogen-bond donors (Lipinski definition) is 1. The van der Waals surface area contributed by atoms with Gasteiger partial charge in [0.2, 0.25) is 0 Å². The Kier molecular flexibility index (Phi) is 7.04. The molecule has 11 heteroatoms. The summed E-state index contributed by atoms with van der Waals surface area (Å²) in [7, 11) is 0. The minimum Gasteiger partial charge on any atom is -0.489 e. The molecule has 3 rings (SSSR count). The molecule has 0 aliphatic rings. The Hall–Kier alpha value is -3.37. The zero-order valence-electron chi connectivity index (χ0n) is 17.1. The van der Waals surface area contributed by atoms with Crippen LogP contribution in [0.25, 0.3) is 0 Å². The highest BCUT2D eigenvalue weighted by Gasteiger charge is 2.73. The van der Waals surface area contributed by atoms with E-state index in [0.29, 0.717) is 29.6 Å². The van der Waals surface area contributed by atoms with Crippen molar-refractivity contribution in [3.05, 3.63) is 95.1 Å². The van der Waals surface area contributed by atoms with Gasteiger partial charge in [-0.1, -0.05) is 24.3 Å². The van der Waals surface area contributed by atoms with E-state index in [0.717, 1.165) is 18.2 Å². The van der Waals surface area contributed by atoms with Gasteiger partial charge in [-0.2, -0.15) is 30.7 Å². The Morgan fingerprint density at radius 2 is 1.35 bits per heavy atom. The average Bonchev–Trinajstić information content (AvgIpc) is 2.75. The molecular weight excluding hydrogens is 477 g/mol. The van der Waals surface area contributed by atoms with Gasteiger partial charge >= 0.3 is 18.0 Å². The number of nitrogens with one attached hydrogen (secondary N) is 1. The lowest BCUT2D eigenvalue weighted by atomic mass is 9.99. The molecule has 0 heterocycles. The van der Waals surface area contributed by atoms with Gasteiger partial charge in [0.15, 0.2) is 0 Å². The van der Waals surface area contributed by atoms with Gasteiger partial charge < -0.3 is 10.1 Å². The molecule has 0 aliphatic carbocycles. The molecule has 3 aromatic carbocycles. The third-order valence-corrected chi connectivity index (χ3v) is 4.70. The van der Waals surface area contributed by atoms with E-state index in [1.807, 2.05) is 0 Å². The van der Waals surface area contributed by atoms with Crippen LogP contribution < -0.4 is 10.1 Å². The molecule has 0 radical (unpaired) electrons. The van der Waals surface area contributed by atoms with Crippen LogP contribution in [0.5, 0.6) is 5.75 Å². The first-order valence-corrected chi connectivity index (χ1v) is 9.63. The van der Waals surface area contributed by atoms with Gasteiger partial charge in [0, 0.05) is 29.9 Å². The first kappa shape index (κ1) is 25.3. The van der Waals surface area contributed by atoms with Gasteiger partial charge in [-0.05, 0) is 41.5 Å². The lowest BCUT2D eigenvalue weighted by Crippen LogP contribution is -2.50. The van der Waals surface area contributed by atoms with Crippen LogP contribution in [0.4, 0.5) is 45.2 Å². The predicted octanol–water partition coefficient (Wildman–Crippen LogP) is 7.45. The summed E-state index contributed by atoms with van der Waals surface area (Å²) in [5, 5.41) is 2.81. The Morgan fingerprint density at radius 3 is 2.00 bits per heavy atom. The molecule has 0 fully saturated rings. The molecule has 0 saturated heterocycles. The fourth-order valence-corrected chi connectivity index (χ4v) is 3.00. The maximum atomic E-state index is 13.9. The molecule has 34 heavy (non-hydrogen) atoms.